The molecule has 0 saturated carbocycles. The van der Waals surface area contributed by atoms with Gasteiger partial charge in [0.05, 0.1) is 24.3 Å². The lowest BCUT2D eigenvalue weighted by Gasteiger charge is -2.10. The Morgan fingerprint density at radius 1 is 1.12 bits per heavy atom. The van der Waals surface area contributed by atoms with Crippen molar-refractivity contribution in [3.8, 4) is 17.6 Å². The van der Waals surface area contributed by atoms with Crippen LogP contribution in [0.5, 0.6) is 11.5 Å². The summed E-state index contributed by atoms with van der Waals surface area (Å²) in [6.07, 6.45) is 1.28. The normalized spacial score (nSPS) is 10.2. The average molecular weight is 389 g/mol. The summed E-state index contributed by atoms with van der Waals surface area (Å²) in [5, 5.41) is 11.9. The summed E-state index contributed by atoms with van der Waals surface area (Å²) in [4.78, 5) is 0. The Kier molecular flexibility index (Phi) is 7.60. The zero-order chi connectivity index (χ0) is 17.2. The van der Waals surface area contributed by atoms with Gasteiger partial charge in [-0.1, -0.05) is 18.2 Å². The van der Waals surface area contributed by atoms with Crippen LogP contribution < -0.4 is 14.8 Å². The van der Waals surface area contributed by atoms with E-state index in [0.717, 1.165) is 35.5 Å². The molecule has 0 fully saturated rings. The molecule has 24 heavy (non-hydrogen) atoms. The Bertz CT molecular complexity index is 698. The summed E-state index contributed by atoms with van der Waals surface area (Å²) in [5.74, 6) is 1.68. The van der Waals surface area contributed by atoms with E-state index in [0.29, 0.717) is 13.0 Å². The van der Waals surface area contributed by atoms with Crippen LogP contribution in [-0.2, 0) is 13.1 Å². The Balaban J connectivity index is 1.81. The minimum Gasteiger partial charge on any atom is -0.496 e. The first kappa shape index (κ1) is 18.3. The van der Waals surface area contributed by atoms with Crippen molar-refractivity contribution >= 4 is 15.9 Å². The monoisotopic (exact) mass is 388 g/mol. The molecule has 126 valence electrons. The Morgan fingerprint density at radius 3 is 2.62 bits per heavy atom. The summed E-state index contributed by atoms with van der Waals surface area (Å²) in [6.45, 7) is 2.11. The maximum Gasteiger partial charge on any atom is 0.133 e. The highest BCUT2D eigenvalue weighted by atomic mass is 79.9. The van der Waals surface area contributed by atoms with Gasteiger partial charge in [-0.3, -0.25) is 0 Å². The molecule has 2 aromatic carbocycles. The van der Waals surface area contributed by atoms with Crippen LogP contribution in [0.1, 0.15) is 24.0 Å². The molecule has 1 N–H and O–H groups in total. The van der Waals surface area contributed by atoms with Gasteiger partial charge in [0, 0.05) is 19.5 Å². The molecule has 0 amide bonds. The van der Waals surface area contributed by atoms with Gasteiger partial charge < -0.3 is 14.8 Å². The standard InChI is InChI=1S/C19H21BrN2O2/c1-23-19-8-7-16(12-18(19)20)14-22-13-15-5-4-6-17(11-15)24-10-3-2-9-21/h4-8,11-12,22H,2-3,10,13-14H2,1H3. The van der Waals surface area contributed by atoms with E-state index in [4.69, 9.17) is 14.7 Å². The van der Waals surface area contributed by atoms with E-state index in [-0.39, 0.29) is 0 Å². The van der Waals surface area contributed by atoms with Crippen molar-refractivity contribution in [1.29, 1.82) is 5.26 Å². The van der Waals surface area contributed by atoms with E-state index in [9.17, 15) is 0 Å². The molecule has 0 aliphatic carbocycles. The van der Waals surface area contributed by atoms with Crippen molar-refractivity contribution in [2.75, 3.05) is 13.7 Å². The zero-order valence-electron chi connectivity index (χ0n) is 13.7. The van der Waals surface area contributed by atoms with Gasteiger partial charge in [-0.2, -0.15) is 5.26 Å². The van der Waals surface area contributed by atoms with Gasteiger partial charge in [-0.05, 0) is 57.7 Å². The number of unbranched alkanes of at least 4 members (excludes halogenated alkanes) is 1. The predicted molar refractivity (Wildman–Crippen MR) is 98.0 cm³/mol. The Hall–Kier alpha value is -2.03. The second kappa shape index (κ2) is 9.96. The second-order valence-corrected chi connectivity index (χ2v) is 6.18. The van der Waals surface area contributed by atoms with Crippen LogP contribution in [0.3, 0.4) is 0 Å². The zero-order valence-corrected chi connectivity index (χ0v) is 15.3. The fraction of sp³-hybridized carbons (Fsp3) is 0.316. The van der Waals surface area contributed by atoms with E-state index in [1.807, 2.05) is 30.3 Å². The van der Waals surface area contributed by atoms with Gasteiger partial charge in [0.1, 0.15) is 11.5 Å². The third-order valence-corrected chi connectivity index (χ3v) is 4.09. The SMILES string of the molecule is COc1ccc(CNCc2cccc(OCCCC#N)c2)cc1Br. The molecule has 4 nitrogen and oxygen atoms in total. The number of hydrogen-bond acceptors (Lipinski definition) is 4. The van der Waals surface area contributed by atoms with Crippen molar-refractivity contribution in [2.24, 2.45) is 0 Å². The number of rotatable bonds is 9. The molecule has 0 aliphatic heterocycles. The molecule has 0 unspecified atom stereocenters. The molecule has 2 aromatic rings. The van der Waals surface area contributed by atoms with Crippen molar-refractivity contribution in [2.45, 2.75) is 25.9 Å². The first-order chi connectivity index (χ1) is 11.7. The lowest BCUT2D eigenvalue weighted by Crippen LogP contribution is -2.12. The lowest BCUT2D eigenvalue weighted by molar-refractivity contribution is 0.312. The van der Waals surface area contributed by atoms with E-state index >= 15 is 0 Å². The van der Waals surface area contributed by atoms with Crippen LogP contribution in [0.4, 0.5) is 0 Å². The molecular formula is C19H21BrN2O2. The number of methoxy groups -OCH3 is 1. The second-order valence-electron chi connectivity index (χ2n) is 5.33. The molecule has 0 radical (unpaired) electrons. The molecule has 0 aliphatic rings. The highest BCUT2D eigenvalue weighted by Gasteiger charge is 2.02. The summed E-state index contributed by atoms with van der Waals surface area (Å²) < 4.78 is 11.8. The van der Waals surface area contributed by atoms with Crippen LogP contribution in [0.2, 0.25) is 0 Å². The molecule has 0 aromatic heterocycles. The molecule has 5 heteroatoms. The first-order valence-corrected chi connectivity index (χ1v) is 8.64. The van der Waals surface area contributed by atoms with Crippen molar-refractivity contribution in [3.63, 3.8) is 0 Å². The maximum absolute atomic E-state index is 8.52. The Labute approximate surface area is 151 Å². The van der Waals surface area contributed by atoms with Crippen LogP contribution in [0.25, 0.3) is 0 Å². The molecule has 0 bridgehead atoms. The van der Waals surface area contributed by atoms with Gasteiger partial charge in [0.25, 0.3) is 0 Å². The van der Waals surface area contributed by atoms with Crippen LogP contribution in [-0.4, -0.2) is 13.7 Å². The minimum atomic E-state index is 0.526. The fourth-order valence-corrected chi connectivity index (χ4v) is 2.85. The summed E-state index contributed by atoms with van der Waals surface area (Å²) >= 11 is 3.50. The molecule has 0 spiro atoms. The Morgan fingerprint density at radius 2 is 1.92 bits per heavy atom. The quantitative estimate of drug-likeness (QED) is 0.645. The number of ether oxygens (including phenoxy) is 2. The average Bonchev–Trinajstić information content (AvgIpc) is 2.59. The number of benzene rings is 2. The summed E-state index contributed by atoms with van der Waals surface area (Å²) in [5.41, 5.74) is 2.35. The number of nitriles is 1. The van der Waals surface area contributed by atoms with Crippen molar-refractivity contribution < 1.29 is 9.47 Å². The molecule has 0 atom stereocenters. The van der Waals surface area contributed by atoms with Gasteiger partial charge in [0.15, 0.2) is 0 Å². The largest absolute Gasteiger partial charge is 0.496 e. The predicted octanol–water partition coefficient (Wildman–Crippen LogP) is 4.43. The first-order valence-electron chi connectivity index (χ1n) is 7.84. The lowest BCUT2D eigenvalue weighted by atomic mass is 10.2. The molecule has 2 rings (SSSR count). The minimum absolute atomic E-state index is 0.526. The van der Waals surface area contributed by atoms with Crippen LogP contribution in [0, 0.1) is 11.3 Å². The van der Waals surface area contributed by atoms with E-state index in [1.54, 1.807) is 7.11 Å². The van der Waals surface area contributed by atoms with Crippen LogP contribution >= 0.6 is 15.9 Å². The van der Waals surface area contributed by atoms with Gasteiger partial charge in [0.2, 0.25) is 0 Å². The van der Waals surface area contributed by atoms with Gasteiger partial charge in [-0.15, -0.1) is 0 Å². The van der Waals surface area contributed by atoms with Crippen molar-refractivity contribution in [1.82, 2.24) is 5.32 Å². The van der Waals surface area contributed by atoms with Crippen LogP contribution in [0.15, 0.2) is 46.9 Å². The topological polar surface area (TPSA) is 54.3 Å². The number of hydrogen-bond donors (Lipinski definition) is 1. The summed E-state index contributed by atoms with van der Waals surface area (Å²) in [7, 11) is 1.66. The summed E-state index contributed by atoms with van der Waals surface area (Å²) in [6, 6.07) is 16.2. The third kappa shape index (κ3) is 5.88. The highest BCUT2D eigenvalue weighted by Crippen LogP contribution is 2.25. The number of nitrogens with one attached hydrogen (secondary N) is 1. The van der Waals surface area contributed by atoms with Gasteiger partial charge in [-0.25, -0.2) is 0 Å². The fourth-order valence-electron chi connectivity index (χ4n) is 2.26. The van der Waals surface area contributed by atoms with Gasteiger partial charge >= 0.3 is 0 Å². The molecule has 0 heterocycles. The van der Waals surface area contributed by atoms with Crippen molar-refractivity contribution in [3.05, 3.63) is 58.1 Å². The number of halogens is 1. The third-order valence-electron chi connectivity index (χ3n) is 3.47. The maximum atomic E-state index is 8.52. The van der Waals surface area contributed by atoms with E-state index in [2.05, 4.69) is 39.4 Å². The molecular weight excluding hydrogens is 368 g/mol. The van der Waals surface area contributed by atoms with E-state index in [1.165, 1.54) is 11.1 Å². The molecule has 0 saturated heterocycles. The van der Waals surface area contributed by atoms with E-state index < -0.39 is 0 Å². The smallest absolute Gasteiger partial charge is 0.133 e. The highest BCUT2D eigenvalue weighted by molar-refractivity contribution is 9.10. The number of nitrogens with zero attached hydrogens (tertiary/aromatic N) is 1.